The number of nitrogens with one attached hydrogen (secondary N) is 2. The molecule has 0 saturated carbocycles. The molecule has 1 aromatic rings. The first-order valence-corrected chi connectivity index (χ1v) is 4.99. The molecule has 0 bridgehead atoms. The first-order valence-electron chi connectivity index (χ1n) is 4.00. The number of hydrogen-bond acceptors (Lipinski definition) is 3. The third-order valence-electron chi connectivity index (χ3n) is 1.42. The molecule has 5 heteroatoms. The molecular formula is C9H11N3OS. The van der Waals surface area contributed by atoms with Gasteiger partial charge in [0.25, 0.3) is 0 Å². The Hall–Kier alpha value is -1.49. The van der Waals surface area contributed by atoms with E-state index in [0.29, 0.717) is 0 Å². The van der Waals surface area contributed by atoms with Crippen LogP contribution >= 0.6 is 11.8 Å². The van der Waals surface area contributed by atoms with E-state index in [9.17, 15) is 4.79 Å². The number of hydrogen-bond donors (Lipinski definition) is 3. The van der Waals surface area contributed by atoms with Crippen molar-refractivity contribution >= 4 is 28.5 Å². The van der Waals surface area contributed by atoms with Crippen LogP contribution in [0.2, 0.25) is 0 Å². The van der Waals surface area contributed by atoms with Crippen LogP contribution in [0.15, 0.2) is 30.3 Å². The molecule has 1 amide bonds. The second-order valence-electron chi connectivity index (χ2n) is 2.57. The Morgan fingerprint density at radius 2 is 2.07 bits per heavy atom. The Morgan fingerprint density at radius 1 is 1.43 bits per heavy atom. The van der Waals surface area contributed by atoms with Gasteiger partial charge in [-0.3, -0.25) is 10.2 Å². The number of rotatable bonds is 3. The van der Waals surface area contributed by atoms with Gasteiger partial charge < -0.3 is 11.1 Å². The molecule has 0 heterocycles. The van der Waals surface area contributed by atoms with E-state index in [2.05, 4.69) is 5.32 Å². The predicted octanol–water partition coefficient (Wildman–Crippen LogP) is 1.25. The van der Waals surface area contributed by atoms with Crippen LogP contribution in [0.5, 0.6) is 0 Å². The Morgan fingerprint density at radius 3 is 2.64 bits per heavy atom. The lowest BCUT2D eigenvalue weighted by molar-refractivity contribution is -0.113. The molecule has 0 aliphatic heterocycles. The third kappa shape index (κ3) is 3.95. The van der Waals surface area contributed by atoms with Gasteiger partial charge in [-0.05, 0) is 12.1 Å². The molecule has 1 rings (SSSR count). The maximum Gasteiger partial charge on any atom is 0.234 e. The van der Waals surface area contributed by atoms with Crippen molar-refractivity contribution in [1.29, 1.82) is 5.41 Å². The van der Waals surface area contributed by atoms with Gasteiger partial charge in [-0.25, -0.2) is 0 Å². The lowest BCUT2D eigenvalue weighted by Gasteiger charge is -2.03. The summed E-state index contributed by atoms with van der Waals surface area (Å²) in [6, 6.07) is 9.16. The summed E-state index contributed by atoms with van der Waals surface area (Å²) >= 11 is 1.01. The number of carbonyl (C=O) groups excluding carboxylic acids is 1. The van der Waals surface area contributed by atoms with Gasteiger partial charge in [0.1, 0.15) is 0 Å². The Labute approximate surface area is 86.4 Å². The Kier molecular flexibility index (Phi) is 4.00. The standard InChI is InChI=1S/C9H11N3OS/c10-9(11)14-6-8(13)12-7-4-2-1-3-5-7/h1-5H,6H2,(H3,10,11)(H,12,13). The zero-order valence-corrected chi connectivity index (χ0v) is 8.30. The van der Waals surface area contributed by atoms with Crippen LogP contribution in [0.1, 0.15) is 0 Å². The van der Waals surface area contributed by atoms with Gasteiger partial charge in [0, 0.05) is 5.69 Å². The molecule has 4 nitrogen and oxygen atoms in total. The normalized spacial score (nSPS) is 9.43. The average molecular weight is 209 g/mol. The second-order valence-corrected chi connectivity index (χ2v) is 3.58. The van der Waals surface area contributed by atoms with Crippen molar-refractivity contribution in [3.63, 3.8) is 0 Å². The fraction of sp³-hybridized carbons (Fsp3) is 0.111. The van der Waals surface area contributed by atoms with Crippen molar-refractivity contribution in [2.24, 2.45) is 5.73 Å². The van der Waals surface area contributed by atoms with Crippen LogP contribution in [0, 0.1) is 5.41 Å². The van der Waals surface area contributed by atoms with Gasteiger partial charge >= 0.3 is 0 Å². The number of amidine groups is 1. The monoisotopic (exact) mass is 209 g/mol. The van der Waals surface area contributed by atoms with E-state index >= 15 is 0 Å². The quantitative estimate of drug-likeness (QED) is 0.518. The summed E-state index contributed by atoms with van der Waals surface area (Å²) in [5.41, 5.74) is 5.85. The van der Waals surface area contributed by atoms with Crippen LogP contribution in [0.4, 0.5) is 5.69 Å². The SMILES string of the molecule is N=C(N)SCC(=O)Nc1ccccc1. The van der Waals surface area contributed by atoms with Crippen LogP contribution in [-0.4, -0.2) is 16.8 Å². The Bertz CT molecular complexity index is 326. The number of para-hydroxylation sites is 1. The highest BCUT2D eigenvalue weighted by atomic mass is 32.2. The highest BCUT2D eigenvalue weighted by Crippen LogP contribution is 2.06. The van der Waals surface area contributed by atoms with E-state index in [1.54, 1.807) is 12.1 Å². The van der Waals surface area contributed by atoms with E-state index in [0.717, 1.165) is 17.4 Å². The molecule has 74 valence electrons. The lowest BCUT2D eigenvalue weighted by Crippen LogP contribution is -2.17. The maximum absolute atomic E-state index is 11.2. The van der Waals surface area contributed by atoms with Crippen LogP contribution < -0.4 is 11.1 Å². The van der Waals surface area contributed by atoms with E-state index < -0.39 is 0 Å². The zero-order chi connectivity index (χ0) is 10.4. The number of thioether (sulfide) groups is 1. The minimum absolute atomic E-state index is 0.0480. The van der Waals surface area contributed by atoms with Crippen molar-refractivity contribution in [3.8, 4) is 0 Å². The van der Waals surface area contributed by atoms with Crippen molar-refractivity contribution < 1.29 is 4.79 Å². The highest BCUT2D eigenvalue weighted by Gasteiger charge is 2.02. The van der Waals surface area contributed by atoms with Gasteiger partial charge in [-0.15, -0.1) is 0 Å². The number of benzene rings is 1. The third-order valence-corrected chi connectivity index (χ3v) is 2.13. The van der Waals surface area contributed by atoms with Crippen molar-refractivity contribution in [2.45, 2.75) is 0 Å². The van der Waals surface area contributed by atoms with E-state index in [1.807, 2.05) is 18.2 Å². The van der Waals surface area contributed by atoms with Gasteiger partial charge in [-0.1, -0.05) is 30.0 Å². The van der Waals surface area contributed by atoms with Gasteiger partial charge in [0.05, 0.1) is 5.75 Å². The minimum Gasteiger partial charge on any atom is -0.379 e. The van der Waals surface area contributed by atoms with Gasteiger partial charge in [-0.2, -0.15) is 0 Å². The molecule has 0 radical (unpaired) electrons. The van der Waals surface area contributed by atoms with Gasteiger partial charge in [0.2, 0.25) is 5.91 Å². The number of anilines is 1. The van der Waals surface area contributed by atoms with Gasteiger partial charge in [0.15, 0.2) is 5.17 Å². The minimum atomic E-state index is -0.156. The first-order chi connectivity index (χ1) is 6.68. The molecule has 0 aliphatic carbocycles. The largest absolute Gasteiger partial charge is 0.379 e. The van der Waals surface area contributed by atoms with Crippen LogP contribution in [0.25, 0.3) is 0 Å². The van der Waals surface area contributed by atoms with E-state index in [4.69, 9.17) is 11.1 Å². The lowest BCUT2D eigenvalue weighted by atomic mass is 10.3. The van der Waals surface area contributed by atoms with E-state index in [1.165, 1.54) is 0 Å². The topological polar surface area (TPSA) is 79.0 Å². The molecule has 1 aromatic carbocycles. The predicted molar refractivity (Wildman–Crippen MR) is 59.4 cm³/mol. The highest BCUT2D eigenvalue weighted by molar-refractivity contribution is 8.14. The molecule has 0 spiro atoms. The van der Waals surface area contributed by atoms with Crippen molar-refractivity contribution in [3.05, 3.63) is 30.3 Å². The average Bonchev–Trinajstić information content (AvgIpc) is 2.16. The molecule has 0 atom stereocenters. The first kappa shape index (κ1) is 10.6. The Balaban J connectivity index is 2.38. The molecule has 0 aliphatic rings. The summed E-state index contributed by atoms with van der Waals surface area (Å²) < 4.78 is 0. The summed E-state index contributed by atoms with van der Waals surface area (Å²) in [6.45, 7) is 0. The summed E-state index contributed by atoms with van der Waals surface area (Å²) in [5, 5.41) is 9.57. The van der Waals surface area contributed by atoms with E-state index in [-0.39, 0.29) is 16.8 Å². The number of nitrogens with two attached hydrogens (primary N) is 1. The smallest absolute Gasteiger partial charge is 0.234 e. The fourth-order valence-electron chi connectivity index (χ4n) is 0.862. The summed E-state index contributed by atoms with van der Waals surface area (Å²) in [7, 11) is 0. The maximum atomic E-state index is 11.2. The fourth-order valence-corrected chi connectivity index (χ4v) is 1.22. The molecular weight excluding hydrogens is 198 g/mol. The zero-order valence-electron chi connectivity index (χ0n) is 7.49. The van der Waals surface area contributed by atoms with Crippen molar-refractivity contribution in [1.82, 2.24) is 0 Å². The number of amides is 1. The number of carbonyl (C=O) groups is 1. The summed E-state index contributed by atoms with van der Waals surface area (Å²) in [6.07, 6.45) is 0. The summed E-state index contributed by atoms with van der Waals surface area (Å²) in [5.74, 6) is 0.0147. The van der Waals surface area contributed by atoms with Crippen molar-refractivity contribution in [2.75, 3.05) is 11.1 Å². The molecule has 0 unspecified atom stereocenters. The van der Waals surface area contributed by atoms with Crippen LogP contribution in [-0.2, 0) is 4.79 Å². The molecule has 4 N–H and O–H groups in total. The molecule has 0 saturated heterocycles. The summed E-state index contributed by atoms with van der Waals surface area (Å²) in [4.78, 5) is 11.2. The second kappa shape index (κ2) is 5.29. The van der Waals surface area contributed by atoms with Crippen LogP contribution in [0.3, 0.4) is 0 Å². The molecule has 0 fully saturated rings. The molecule has 0 aromatic heterocycles. The molecule has 14 heavy (non-hydrogen) atoms.